The van der Waals surface area contributed by atoms with Gasteiger partial charge in [0.05, 0.1) is 5.56 Å². The molecule has 1 aliphatic carbocycles. The molecule has 1 saturated carbocycles. The molecule has 3 N–H and O–H groups in total. The number of nitrogens with two attached hydrogens (primary N) is 1. The topological polar surface area (TPSA) is 62.8 Å². The van der Waals surface area contributed by atoms with Crippen molar-refractivity contribution in [3.63, 3.8) is 0 Å². The quantitative estimate of drug-likeness (QED) is 0.498. The van der Waals surface area contributed by atoms with Crippen LogP contribution in [0.25, 0.3) is 0 Å². The monoisotopic (exact) mass is 263 g/mol. The van der Waals surface area contributed by atoms with Crippen LogP contribution in [0.1, 0.15) is 42.5 Å². The molecule has 0 spiro atoms. The molecule has 0 aliphatic heterocycles. The van der Waals surface area contributed by atoms with Crippen molar-refractivity contribution < 1.29 is 0 Å². The highest BCUT2D eigenvalue weighted by Crippen LogP contribution is 2.32. The Balaban J connectivity index is 2.16. The van der Waals surface area contributed by atoms with Gasteiger partial charge in [0.15, 0.2) is 0 Å². The van der Waals surface area contributed by atoms with Crippen LogP contribution in [0.5, 0.6) is 0 Å². The Hall–Kier alpha value is -1.03. The number of thioether (sulfide) groups is 1. The van der Waals surface area contributed by atoms with Crippen LogP contribution in [0.4, 0.5) is 0 Å². The summed E-state index contributed by atoms with van der Waals surface area (Å²) in [6.45, 7) is 4.00. The van der Waals surface area contributed by atoms with Gasteiger partial charge in [-0.1, -0.05) is 12.8 Å². The number of aromatic nitrogens is 1. The van der Waals surface area contributed by atoms with Crippen molar-refractivity contribution >= 4 is 17.6 Å². The van der Waals surface area contributed by atoms with Gasteiger partial charge in [0.1, 0.15) is 10.9 Å². The third-order valence-corrected chi connectivity index (χ3v) is 4.72. The molecule has 1 aromatic heterocycles. The Kier molecular flexibility index (Phi) is 4.27. The Bertz CT molecular complexity index is 451. The first kappa shape index (κ1) is 13.4. The summed E-state index contributed by atoms with van der Waals surface area (Å²) in [5.74, 6) is 2.06. The molecule has 0 radical (unpaired) electrons. The summed E-state index contributed by atoms with van der Waals surface area (Å²) in [6.07, 6.45) is 5.41. The largest absolute Gasteiger partial charge is 0.384 e. The lowest BCUT2D eigenvalue weighted by molar-refractivity contribution is 0.623. The molecule has 0 atom stereocenters. The van der Waals surface area contributed by atoms with Gasteiger partial charge in [-0.25, -0.2) is 4.98 Å². The Labute approximate surface area is 113 Å². The Morgan fingerprint density at radius 1 is 1.44 bits per heavy atom. The van der Waals surface area contributed by atoms with Gasteiger partial charge in [-0.2, -0.15) is 0 Å². The fourth-order valence-corrected chi connectivity index (χ4v) is 3.96. The molecule has 18 heavy (non-hydrogen) atoms. The maximum absolute atomic E-state index is 7.70. The fourth-order valence-electron chi connectivity index (χ4n) is 2.61. The molecule has 0 bridgehead atoms. The smallest absolute Gasteiger partial charge is 0.125 e. The highest BCUT2D eigenvalue weighted by Gasteiger charge is 2.18. The highest BCUT2D eigenvalue weighted by molar-refractivity contribution is 7.99. The van der Waals surface area contributed by atoms with E-state index in [0.29, 0.717) is 0 Å². The Morgan fingerprint density at radius 2 is 2.11 bits per heavy atom. The van der Waals surface area contributed by atoms with Gasteiger partial charge in [-0.3, -0.25) is 5.41 Å². The summed E-state index contributed by atoms with van der Waals surface area (Å²) in [5, 5.41) is 8.64. The van der Waals surface area contributed by atoms with Gasteiger partial charge >= 0.3 is 0 Å². The lowest BCUT2D eigenvalue weighted by Crippen LogP contribution is -2.16. The molecule has 0 saturated heterocycles. The number of nitrogens with zero attached hydrogens (tertiary/aromatic N) is 1. The zero-order valence-electron chi connectivity index (χ0n) is 11.1. The zero-order valence-corrected chi connectivity index (χ0v) is 11.9. The molecule has 1 fully saturated rings. The third kappa shape index (κ3) is 3.05. The van der Waals surface area contributed by atoms with Crippen molar-refractivity contribution in [3.05, 3.63) is 22.9 Å². The summed E-state index contributed by atoms with van der Waals surface area (Å²) in [5.41, 5.74) is 8.57. The molecule has 0 amide bonds. The summed E-state index contributed by atoms with van der Waals surface area (Å²) in [7, 11) is 0. The number of rotatable bonds is 4. The van der Waals surface area contributed by atoms with Crippen LogP contribution >= 0.6 is 11.8 Å². The van der Waals surface area contributed by atoms with Crippen LogP contribution in [-0.2, 0) is 0 Å². The molecule has 0 unspecified atom stereocenters. The zero-order chi connectivity index (χ0) is 13.1. The van der Waals surface area contributed by atoms with E-state index in [2.05, 4.69) is 4.98 Å². The van der Waals surface area contributed by atoms with Gasteiger partial charge in [-0.05, 0) is 44.2 Å². The second-order valence-electron chi connectivity index (χ2n) is 5.14. The molecular formula is C14H21N3S. The Morgan fingerprint density at radius 3 is 2.72 bits per heavy atom. The second-order valence-corrected chi connectivity index (χ2v) is 6.14. The fraction of sp³-hybridized carbons (Fsp3) is 0.571. The number of pyridine rings is 1. The lowest BCUT2D eigenvalue weighted by Gasteiger charge is -2.13. The number of hydrogen-bond acceptors (Lipinski definition) is 3. The van der Waals surface area contributed by atoms with Crippen molar-refractivity contribution in [2.45, 2.75) is 44.6 Å². The first-order valence-electron chi connectivity index (χ1n) is 6.53. The lowest BCUT2D eigenvalue weighted by atomic mass is 10.1. The van der Waals surface area contributed by atoms with E-state index in [0.717, 1.165) is 33.5 Å². The van der Waals surface area contributed by atoms with Crippen molar-refractivity contribution in [1.82, 2.24) is 4.98 Å². The van der Waals surface area contributed by atoms with Crippen LogP contribution in [0.2, 0.25) is 0 Å². The summed E-state index contributed by atoms with van der Waals surface area (Å²) < 4.78 is 0. The van der Waals surface area contributed by atoms with Gasteiger partial charge in [0.25, 0.3) is 0 Å². The van der Waals surface area contributed by atoms with Crippen LogP contribution in [0.15, 0.2) is 11.1 Å². The molecular weight excluding hydrogens is 242 g/mol. The van der Waals surface area contributed by atoms with Crippen molar-refractivity contribution in [3.8, 4) is 0 Å². The van der Waals surface area contributed by atoms with E-state index in [9.17, 15) is 0 Å². The summed E-state index contributed by atoms with van der Waals surface area (Å²) in [6, 6.07) is 2.00. The molecule has 2 rings (SSSR count). The molecule has 0 aromatic carbocycles. The number of aryl methyl sites for hydroxylation is 2. The van der Waals surface area contributed by atoms with Gasteiger partial charge in [-0.15, -0.1) is 11.8 Å². The predicted molar refractivity (Wildman–Crippen MR) is 77.4 cm³/mol. The van der Waals surface area contributed by atoms with Crippen LogP contribution in [0, 0.1) is 25.2 Å². The average Bonchev–Trinajstić information content (AvgIpc) is 2.77. The van der Waals surface area contributed by atoms with Gasteiger partial charge in [0.2, 0.25) is 0 Å². The molecule has 98 valence electrons. The third-order valence-electron chi connectivity index (χ3n) is 3.51. The minimum absolute atomic E-state index is 0.133. The number of hydrogen-bond donors (Lipinski definition) is 2. The van der Waals surface area contributed by atoms with Gasteiger partial charge < -0.3 is 5.73 Å². The second kappa shape index (κ2) is 5.74. The van der Waals surface area contributed by atoms with E-state index in [-0.39, 0.29) is 5.84 Å². The molecule has 3 nitrogen and oxygen atoms in total. The average molecular weight is 263 g/mol. The maximum Gasteiger partial charge on any atom is 0.125 e. The van der Waals surface area contributed by atoms with E-state index < -0.39 is 0 Å². The minimum Gasteiger partial charge on any atom is -0.384 e. The van der Waals surface area contributed by atoms with E-state index in [1.165, 1.54) is 25.7 Å². The summed E-state index contributed by atoms with van der Waals surface area (Å²) >= 11 is 1.77. The number of amidine groups is 1. The minimum atomic E-state index is 0.133. The molecule has 1 aliphatic rings. The normalized spacial score (nSPS) is 16.1. The van der Waals surface area contributed by atoms with Crippen LogP contribution in [-0.4, -0.2) is 16.6 Å². The SMILES string of the molecule is Cc1cc(C)c(C(=N)N)c(SCC2CCCC2)n1. The van der Waals surface area contributed by atoms with E-state index in [1.54, 1.807) is 11.8 Å². The maximum atomic E-state index is 7.70. The summed E-state index contributed by atoms with van der Waals surface area (Å²) in [4.78, 5) is 4.56. The van der Waals surface area contributed by atoms with E-state index in [1.807, 2.05) is 19.9 Å². The van der Waals surface area contributed by atoms with Crippen LogP contribution in [0.3, 0.4) is 0 Å². The number of nitrogens with one attached hydrogen (secondary N) is 1. The number of nitrogen functional groups attached to an aromatic ring is 1. The molecule has 1 aromatic rings. The van der Waals surface area contributed by atoms with Crippen molar-refractivity contribution in [2.75, 3.05) is 5.75 Å². The first-order valence-corrected chi connectivity index (χ1v) is 7.52. The molecule has 1 heterocycles. The van der Waals surface area contributed by atoms with Gasteiger partial charge in [0, 0.05) is 11.4 Å². The van der Waals surface area contributed by atoms with Crippen molar-refractivity contribution in [2.24, 2.45) is 11.7 Å². The van der Waals surface area contributed by atoms with Crippen molar-refractivity contribution in [1.29, 1.82) is 5.41 Å². The standard InChI is InChI=1S/C14H21N3S/c1-9-7-10(2)17-14(12(9)13(15)16)18-8-11-5-3-4-6-11/h7,11H,3-6,8H2,1-2H3,(H3,15,16). The predicted octanol–water partition coefficient (Wildman–Crippen LogP) is 3.26. The van der Waals surface area contributed by atoms with Crippen LogP contribution < -0.4 is 5.73 Å². The molecule has 4 heteroatoms. The van der Waals surface area contributed by atoms with E-state index in [4.69, 9.17) is 11.1 Å². The first-order chi connectivity index (χ1) is 8.58. The highest BCUT2D eigenvalue weighted by atomic mass is 32.2. The van der Waals surface area contributed by atoms with E-state index >= 15 is 0 Å².